The lowest BCUT2D eigenvalue weighted by Gasteiger charge is -2.22. The standard InChI is InChI=1S/C22H30FN5.HI/c1-17-13-18(7-8-20(17)23)15-26-22(24-2)27-16-19-9-10-25-21(14-19)28-11-5-3-4-6-12-28;/h7-10,13-14H,3-6,11-12,15-16H2,1-2H3,(H2,24,26,27);1H. The molecule has 7 heteroatoms. The van der Waals surface area contributed by atoms with E-state index in [1.807, 2.05) is 18.3 Å². The Hall–Kier alpha value is -1.90. The molecule has 0 saturated carbocycles. The first-order chi connectivity index (χ1) is 13.7. The molecule has 2 heterocycles. The molecule has 0 amide bonds. The van der Waals surface area contributed by atoms with Crippen LogP contribution in [0.15, 0.2) is 41.5 Å². The van der Waals surface area contributed by atoms with E-state index in [4.69, 9.17) is 0 Å². The van der Waals surface area contributed by atoms with Gasteiger partial charge in [0.2, 0.25) is 0 Å². The number of anilines is 1. The maximum absolute atomic E-state index is 13.4. The van der Waals surface area contributed by atoms with Crippen LogP contribution in [0.3, 0.4) is 0 Å². The summed E-state index contributed by atoms with van der Waals surface area (Å²) in [5.41, 5.74) is 2.85. The number of aliphatic imine (C=N–C) groups is 1. The van der Waals surface area contributed by atoms with Gasteiger partial charge in [0.25, 0.3) is 0 Å². The average molecular weight is 511 g/mol. The summed E-state index contributed by atoms with van der Waals surface area (Å²) in [5.74, 6) is 1.60. The first-order valence-corrected chi connectivity index (χ1v) is 10.0. The molecule has 1 aromatic carbocycles. The van der Waals surface area contributed by atoms with Gasteiger partial charge in [-0.05, 0) is 54.7 Å². The van der Waals surface area contributed by atoms with Gasteiger partial charge in [-0.2, -0.15) is 0 Å². The molecule has 1 fully saturated rings. The fourth-order valence-electron chi connectivity index (χ4n) is 3.45. The van der Waals surface area contributed by atoms with Crippen molar-refractivity contribution in [3.63, 3.8) is 0 Å². The summed E-state index contributed by atoms with van der Waals surface area (Å²) in [6.07, 6.45) is 6.99. The van der Waals surface area contributed by atoms with Gasteiger partial charge in [-0.1, -0.05) is 25.0 Å². The van der Waals surface area contributed by atoms with Crippen LogP contribution < -0.4 is 15.5 Å². The van der Waals surface area contributed by atoms with Crippen molar-refractivity contribution in [2.24, 2.45) is 4.99 Å². The zero-order valence-electron chi connectivity index (χ0n) is 17.2. The summed E-state index contributed by atoms with van der Waals surface area (Å²) in [4.78, 5) is 11.2. The van der Waals surface area contributed by atoms with E-state index in [1.165, 1.54) is 37.3 Å². The van der Waals surface area contributed by atoms with E-state index in [0.29, 0.717) is 18.7 Å². The Bertz CT molecular complexity index is 804. The molecule has 0 spiro atoms. The molecule has 0 atom stereocenters. The van der Waals surface area contributed by atoms with Crippen molar-refractivity contribution in [2.45, 2.75) is 45.7 Å². The van der Waals surface area contributed by atoms with Gasteiger partial charge in [-0.25, -0.2) is 9.37 Å². The normalized spacial score (nSPS) is 14.7. The molecular formula is C22H31FIN5. The minimum atomic E-state index is -0.177. The second kappa shape index (κ2) is 11.9. The average Bonchev–Trinajstić information content (AvgIpc) is 3.00. The van der Waals surface area contributed by atoms with Crippen LogP contribution in [0, 0.1) is 12.7 Å². The lowest BCUT2D eigenvalue weighted by molar-refractivity contribution is 0.617. The largest absolute Gasteiger partial charge is 0.357 e. The van der Waals surface area contributed by atoms with Gasteiger partial charge in [-0.15, -0.1) is 24.0 Å². The highest BCUT2D eigenvalue weighted by Crippen LogP contribution is 2.18. The number of rotatable bonds is 5. The van der Waals surface area contributed by atoms with E-state index in [9.17, 15) is 4.39 Å². The minimum absolute atomic E-state index is 0. The van der Waals surface area contributed by atoms with Crippen molar-refractivity contribution in [3.8, 4) is 0 Å². The highest BCUT2D eigenvalue weighted by Gasteiger charge is 2.11. The third kappa shape index (κ3) is 7.13. The van der Waals surface area contributed by atoms with Crippen molar-refractivity contribution < 1.29 is 4.39 Å². The molecular weight excluding hydrogens is 480 g/mol. The molecule has 0 unspecified atom stereocenters. The van der Waals surface area contributed by atoms with Crippen LogP contribution >= 0.6 is 24.0 Å². The van der Waals surface area contributed by atoms with Crippen LogP contribution in [0.4, 0.5) is 10.2 Å². The molecule has 0 aliphatic carbocycles. The molecule has 158 valence electrons. The fraction of sp³-hybridized carbons (Fsp3) is 0.455. The molecule has 5 nitrogen and oxygen atoms in total. The lowest BCUT2D eigenvalue weighted by Crippen LogP contribution is -2.36. The fourth-order valence-corrected chi connectivity index (χ4v) is 3.45. The van der Waals surface area contributed by atoms with E-state index in [2.05, 4.69) is 31.6 Å². The molecule has 1 aromatic heterocycles. The van der Waals surface area contributed by atoms with E-state index < -0.39 is 0 Å². The number of hydrogen-bond donors (Lipinski definition) is 2. The van der Waals surface area contributed by atoms with Crippen molar-refractivity contribution in [3.05, 3.63) is 59.0 Å². The summed E-state index contributed by atoms with van der Waals surface area (Å²) >= 11 is 0. The minimum Gasteiger partial charge on any atom is -0.357 e. The van der Waals surface area contributed by atoms with Crippen LogP contribution in [0.2, 0.25) is 0 Å². The topological polar surface area (TPSA) is 52.6 Å². The van der Waals surface area contributed by atoms with Crippen LogP contribution in [0.25, 0.3) is 0 Å². The van der Waals surface area contributed by atoms with Crippen LogP contribution in [-0.2, 0) is 13.1 Å². The molecule has 0 bridgehead atoms. The van der Waals surface area contributed by atoms with Gasteiger partial charge in [0, 0.05) is 39.4 Å². The predicted octanol–water partition coefficient (Wildman–Crippen LogP) is 4.39. The number of pyridine rings is 1. The van der Waals surface area contributed by atoms with Gasteiger partial charge < -0.3 is 15.5 Å². The highest BCUT2D eigenvalue weighted by molar-refractivity contribution is 14.0. The lowest BCUT2D eigenvalue weighted by atomic mass is 10.1. The molecule has 2 N–H and O–H groups in total. The highest BCUT2D eigenvalue weighted by atomic mass is 127. The summed E-state index contributed by atoms with van der Waals surface area (Å²) in [7, 11) is 1.75. The first kappa shape index (κ1) is 23.4. The number of nitrogens with zero attached hydrogens (tertiary/aromatic N) is 3. The van der Waals surface area contributed by atoms with E-state index in [1.54, 1.807) is 20.0 Å². The number of benzene rings is 1. The predicted molar refractivity (Wildman–Crippen MR) is 129 cm³/mol. The Labute approximate surface area is 190 Å². The molecule has 2 aromatic rings. The smallest absolute Gasteiger partial charge is 0.191 e. The van der Waals surface area contributed by atoms with Crippen LogP contribution in [-0.4, -0.2) is 31.1 Å². The number of aromatic nitrogens is 1. The maximum atomic E-state index is 13.4. The van der Waals surface area contributed by atoms with E-state index >= 15 is 0 Å². The Balaban J connectivity index is 0.00000300. The van der Waals surface area contributed by atoms with Crippen molar-refractivity contribution >= 4 is 35.8 Å². The monoisotopic (exact) mass is 511 g/mol. The number of aryl methyl sites for hydroxylation is 1. The maximum Gasteiger partial charge on any atom is 0.191 e. The van der Waals surface area contributed by atoms with Gasteiger partial charge in [0.1, 0.15) is 11.6 Å². The molecule has 0 radical (unpaired) electrons. The number of hydrogen-bond acceptors (Lipinski definition) is 3. The number of guanidine groups is 1. The second-order valence-electron chi connectivity index (χ2n) is 7.29. The molecule has 29 heavy (non-hydrogen) atoms. The Morgan fingerprint density at radius 1 is 1.03 bits per heavy atom. The van der Waals surface area contributed by atoms with Crippen LogP contribution in [0.5, 0.6) is 0 Å². The molecule has 3 rings (SSSR count). The molecule has 1 saturated heterocycles. The molecule has 1 aliphatic rings. The number of nitrogens with one attached hydrogen (secondary N) is 2. The number of halogens is 2. The third-order valence-electron chi connectivity index (χ3n) is 5.11. The quantitative estimate of drug-likeness (QED) is 0.355. The second-order valence-corrected chi connectivity index (χ2v) is 7.29. The van der Waals surface area contributed by atoms with E-state index in [-0.39, 0.29) is 29.8 Å². The zero-order chi connectivity index (χ0) is 19.8. The van der Waals surface area contributed by atoms with Crippen molar-refractivity contribution in [1.82, 2.24) is 15.6 Å². The molecule has 1 aliphatic heterocycles. The van der Waals surface area contributed by atoms with Gasteiger partial charge in [0.05, 0.1) is 0 Å². The first-order valence-electron chi connectivity index (χ1n) is 10.0. The van der Waals surface area contributed by atoms with E-state index in [0.717, 1.165) is 30.4 Å². The van der Waals surface area contributed by atoms with Gasteiger partial charge in [0.15, 0.2) is 5.96 Å². The Morgan fingerprint density at radius 3 is 2.31 bits per heavy atom. The summed E-state index contributed by atoms with van der Waals surface area (Å²) in [6, 6.07) is 9.34. The Kier molecular flexibility index (Phi) is 9.63. The van der Waals surface area contributed by atoms with Gasteiger partial charge in [-0.3, -0.25) is 4.99 Å². The van der Waals surface area contributed by atoms with Crippen molar-refractivity contribution in [1.29, 1.82) is 0 Å². The third-order valence-corrected chi connectivity index (χ3v) is 5.11. The van der Waals surface area contributed by atoms with Crippen molar-refractivity contribution in [2.75, 3.05) is 25.0 Å². The Morgan fingerprint density at radius 2 is 1.69 bits per heavy atom. The SMILES string of the molecule is CN=C(NCc1ccnc(N2CCCCCC2)c1)NCc1ccc(F)c(C)c1.I. The summed E-state index contributed by atoms with van der Waals surface area (Å²) < 4.78 is 13.4. The zero-order valence-corrected chi connectivity index (χ0v) is 19.6. The van der Waals surface area contributed by atoms with Crippen LogP contribution in [0.1, 0.15) is 42.4 Å². The van der Waals surface area contributed by atoms with Gasteiger partial charge >= 0.3 is 0 Å². The summed E-state index contributed by atoms with van der Waals surface area (Å²) in [5, 5.41) is 6.62. The summed E-state index contributed by atoms with van der Waals surface area (Å²) in [6.45, 7) is 5.22.